The van der Waals surface area contributed by atoms with Gasteiger partial charge in [-0.1, -0.05) is 0 Å². The summed E-state index contributed by atoms with van der Waals surface area (Å²) in [6.07, 6.45) is 0. The highest BCUT2D eigenvalue weighted by Gasteiger charge is 2.09. The average Bonchev–Trinajstić information content (AvgIpc) is 2.25. The molecule has 1 heterocycles. The van der Waals surface area contributed by atoms with Gasteiger partial charge in [0.25, 0.3) is 0 Å². The third-order valence-corrected chi connectivity index (χ3v) is 2.68. The molecule has 82 valence electrons. The number of hydrogen-bond acceptors (Lipinski definition) is 2. The third kappa shape index (κ3) is 2.04. The van der Waals surface area contributed by atoms with E-state index >= 15 is 0 Å². The Bertz CT molecular complexity index is 526. The number of hydrogen-bond donors (Lipinski definition) is 1. The first-order chi connectivity index (χ1) is 7.58. The van der Waals surface area contributed by atoms with Crippen LogP contribution in [-0.2, 0) is 0 Å². The lowest BCUT2D eigenvalue weighted by molar-refractivity contribution is 0.625. The topological polar surface area (TPSA) is 38.9 Å². The van der Waals surface area contributed by atoms with Crippen LogP contribution >= 0.6 is 15.9 Å². The van der Waals surface area contributed by atoms with E-state index in [9.17, 15) is 8.78 Å². The number of aromatic nitrogens is 1. The lowest BCUT2D eigenvalue weighted by Crippen LogP contribution is -1.97. The Hall–Kier alpha value is -1.49. The summed E-state index contributed by atoms with van der Waals surface area (Å²) in [5.41, 5.74) is 6.53. The van der Waals surface area contributed by atoms with Gasteiger partial charge >= 0.3 is 0 Å². The van der Waals surface area contributed by atoms with Crippen LogP contribution in [0, 0.1) is 11.6 Å². The summed E-state index contributed by atoms with van der Waals surface area (Å²) in [6.45, 7) is 0. The Kier molecular flexibility index (Phi) is 2.87. The standard InChI is InChI=1S/C11H7BrF2N2/c12-8-5-9(14)11(15)16-10(8)6-1-3-7(13)4-2-6/h1-5H,(H2,15,16). The van der Waals surface area contributed by atoms with Crippen molar-refractivity contribution < 1.29 is 8.78 Å². The van der Waals surface area contributed by atoms with Crippen LogP contribution < -0.4 is 5.73 Å². The molecule has 0 bridgehead atoms. The second-order valence-corrected chi connectivity index (χ2v) is 4.05. The Morgan fingerprint density at radius 2 is 1.75 bits per heavy atom. The summed E-state index contributed by atoms with van der Waals surface area (Å²) >= 11 is 3.18. The maximum atomic E-state index is 13.1. The first-order valence-electron chi connectivity index (χ1n) is 4.45. The van der Waals surface area contributed by atoms with Crippen molar-refractivity contribution in [1.82, 2.24) is 4.98 Å². The van der Waals surface area contributed by atoms with Gasteiger partial charge < -0.3 is 5.73 Å². The van der Waals surface area contributed by atoms with E-state index in [1.54, 1.807) is 12.1 Å². The van der Waals surface area contributed by atoms with Crippen LogP contribution in [0.2, 0.25) is 0 Å². The highest BCUT2D eigenvalue weighted by Crippen LogP contribution is 2.28. The molecule has 5 heteroatoms. The first kappa shape index (κ1) is 11.0. The van der Waals surface area contributed by atoms with Crippen molar-refractivity contribution >= 4 is 21.7 Å². The highest BCUT2D eigenvalue weighted by atomic mass is 79.9. The van der Waals surface area contributed by atoms with Crippen molar-refractivity contribution in [1.29, 1.82) is 0 Å². The predicted octanol–water partition coefficient (Wildman–Crippen LogP) is 3.37. The summed E-state index contributed by atoms with van der Waals surface area (Å²) < 4.78 is 26.3. The van der Waals surface area contributed by atoms with Crippen molar-refractivity contribution in [2.45, 2.75) is 0 Å². The maximum absolute atomic E-state index is 13.1. The van der Waals surface area contributed by atoms with Gasteiger partial charge in [0, 0.05) is 10.0 Å². The minimum absolute atomic E-state index is 0.178. The predicted molar refractivity (Wildman–Crippen MR) is 61.7 cm³/mol. The molecule has 0 atom stereocenters. The molecular weight excluding hydrogens is 278 g/mol. The van der Waals surface area contributed by atoms with Crippen LogP contribution in [-0.4, -0.2) is 4.98 Å². The molecule has 0 aliphatic carbocycles. The van der Waals surface area contributed by atoms with Crippen molar-refractivity contribution in [3.8, 4) is 11.3 Å². The lowest BCUT2D eigenvalue weighted by atomic mass is 10.1. The van der Waals surface area contributed by atoms with Gasteiger partial charge in [0.05, 0.1) is 5.69 Å². The Morgan fingerprint density at radius 3 is 2.38 bits per heavy atom. The Morgan fingerprint density at radius 1 is 1.12 bits per heavy atom. The number of nitrogens with zero attached hydrogens (tertiary/aromatic N) is 1. The van der Waals surface area contributed by atoms with E-state index in [-0.39, 0.29) is 11.6 Å². The van der Waals surface area contributed by atoms with Crippen LogP contribution in [0.1, 0.15) is 0 Å². The number of nitrogen functional groups attached to an aromatic ring is 1. The molecular formula is C11H7BrF2N2. The fraction of sp³-hybridized carbons (Fsp3) is 0. The molecule has 1 aromatic heterocycles. The van der Waals surface area contributed by atoms with E-state index in [2.05, 4.69) is 20.9 Å². The Balaban J connectivity index is 2.56. The zero-order chi connectivity index (χ0) is 11.7. The smallest absolute Gasteiger partial charge is 0.166 e. The molecule has 16 heavy (non-hydrogen) atoms. The quantitative estimate of drug-likeness (QED) is 0.872. The minimum atomic E-state index is -0.585. The minimum Gasteiger partial charge on any atom is -0.381 e. The molecule has 0 aliphatic rings. The lowest BCUT2D eigenvalue weighted by Gasteiger charge is -2.05. The van der Waals surface area contributed by atoms with Crippen molar-refractivity contribution in [2.24, 2.45) is 0 Å². The van der Waals surface area contributed by atoms with E-state index in [1.165, 1.54) is 18.2 Å². The van der Waals surface area contributed by atoms with Crippen LogP contribution in [0.25, 0.3) is 11.3 Å². The second kappa shape index (κ2) is 4.17. The number of pyridine rings is 1. The monoisotopic (exact) mass is 284 g/mol. The molecule has 0 spiro atoms. The number of benzene rings is 1. The summed E-state index contributed by atoms with van der Waals surface area (Å²) in [4.78, 5) is 3.91. The molecule has 2 N–H and O–H groups in total. The fourth-order valence-corrected chi connectivity index (χ4v) is 1.81. The Labute approximate surface area is 99.2 Å². The molecule has 0 saturated heterocycles. The molecule has 0 fully saturated rings. The number of rotatable bonds is 1. The molecule has 0 radical (unpaired) electrons. The van der Waals surface area contributed by atoms with Crippen molar-refractivity contribution in [2.75, 3.05) is 5.73 Å². The molecule has 2 aromatic rings. The van der Waals surface area contributed by atoms with Gasteiger partial charge in [-0.15, -0.1) is 0 Å². The third-order valence-electron chi connectivity index (χ3n) is 2.07. The summed E-state index contributed by atoms with van der Waals surface area (Å²) in [5.74, 6) is -1.10. The number of halogens is 3. The van der Waals surface area contributed by atoms with E-state index in [1.807, 2.05) is 0 Å². The van der Waals surface area contributed by atoms with Crippen molar-refractivity contribution in [3.63, 3.8) is 0 Å². The first-order valence-corrected chi connectivity index (χ1v) is 5.24. The summed E-state index contributed by atoms with van der Waals surface area (Å²) in [7, 11) is 0. The molecule has 2 nitrogen and oxygen atoms in total. The van der Waals surface area contributed by atoms with Gasteiger partial charge in [-0.05, 0) is 46.3 Å². The number of anilines is 1. The van der Waals surface area contributed by atoms with E-state index in [0.29, 0.717) is 15.7 Å². The van der Waals surface area contributed by atoms with Gasteiger partial charge in [0.1, 0.15) is 5.82 Å². The summed E-state index contributed by atoms with van der Waals surface area (Å²) in [5, 5.41) is 0. The molecule has 2 rings (SSSR count). The average molecular weight is 285 g/mol. The highest BCUT2D eigenvalue weighted by molar-refractivity contribution is 9.10. The van der Waals surface area contributed by atoms with Crippen LogP contribution in [0.4, 0.5) is 14.6 Å². The molecule has 0 unspecified atom stereocenters. The van der Waals surface area contributed by atoms with E-state index < -0.39 is 5.82 Å². The molecule has 0 aliphatic heterocycles. The van der Waals surface area contributed by atoms with Gasteiger partial charge in [0.2, 0.25) is 0 Å². The van der Waals surface area contributed by atoms with Gasteiger partial charge in [-0.2, -0.15) is 0 Å². The fourth-order valence-electron chi connectivity index (χ4n) is 1.29. The van der Waals surface area contributed by atoms with E-state index in [4.69, 9.17) is 5.73 Å². The molecule has 1 aromatic carbocycles. The van der Waals surface area contributed by atoms with Crippen LogP contribution in [0.3, 0.4) is 0 Å². The zero-order valence-corrected chi connectivity index (χ0v) is 9.63. The van der Waals surface area contributed by atoms with Crippen molar-refractivity contribution in [3.05, 3.63) is 46.4 Å². The maximum Gasteiger partial charge on any atom is 0.166 e. The molecule has 0 amide bonds. The van der Waals surface area contributed by atoms with Gasteiger partial charge in [-0.3, -0.25) is 0 Å². The largest absolute Gasteiger partial charge is 0.381 e. The zero-order valence-electron chi connectivity index (χ0n) is 8.05. The van der Waals surface area contributed by atoms with Gasteiger partial charge in [0.15, 0.2) is 11.6 Å². The van der Waals surface area contributed by atoms with E-state index in [0.717, 1.165) is 0 Å². The number of nitrogens with two attached hydrogens (primary N) is 1. The van der Waals surface area contributed by atoms with Crippen LogP contribution in [0.5, 0.6) is 0 Å². The summed E-state index contributed by atoms with van der Waals surface area (Å²) in [6, 6.07) is 6.96. The van der Waals surface area contributed by atoms with Crippen LogP contribution in [0.15, 0.2) is 34.8 Å². The van der Waals surface area contributed by atoms with Gasteiger partial charge in [-0.25, -0.2) is 13.8 Å². The molecule has 0 saturated carbocycles. The SMILES string of the molecule is Nc1nc(-c2ccc(F)cc2)c(Br)cc1F. The normalized spacial score (nSPS) is 10.4. The second-order valence-electron chi connectivity index (χ2n) is 3.19.